The summed E-state index contributed by atoms with van der Waals surface area (Å²) in [5.74, 6) is -0.384. The van der Waals surface area contributed by atoms with Crippen LogP contribution >= 0.6 is 0 Å². The van der Waals surface area contributed by atoms with Crippen molar-refractivity contribution in [3.8, 4) is 5.75 Å². The Morgan fingerprint density at radius 1 is 1.00 bits per heavy atom. The fourth-order valence-electron chi connectivity index (χ4n) is 2.67. The summed E-state index contributed by atoms with van der Waals surface area (Å²) in [6.45, 7) is 6.27. The van der Waals surface area contributed by atoms with Gasteiger partial charge in [-0.15, -0.1) is 0 Å². The Kier molecular flexibility index (Phi) is 8.37. The van der Waals surface area contributed by atoms with Gasteiger partial charge in [0.1, 0.15) is 5.75 Å². The standard InChI is InChI=1S/C21H27N3O5S/c1-4-24(5-2)30(27,28)19-8-6-7-17(15-19)21(26)23-22-20(25)13-14-29-18-11-9-16(3)10-12-18/h6-12,15H,4-5,13-14H2,1-3H3,(H,22,25)(H,23,26). The monoisotopic (exact) mass is 433 g/mol. The molecule has 0 radical (unpaired) electrons. The number of aryl methyl sites for hydroxylation is 1. The second kappa shape index (κ2) is 10.7. The third kappa shape index (κ3) is 6.30. The van der Waals surface area contributed by atoms with Crippen molar-refractivity contribution in [3.63, 3.8) is 0 Å². The summed E-state index contributed by atoms with van der Waals surface area (Å²) in [6, 6.07) is 13.1. The summed E-state index contributed by atoms with van der Waals surface area (Å²) in [6.07, 6.45) is 0.0462. The van der Waals surface area contributed by atoms with Gasteiger partial charge in [-0.3, -0.25) is 20.4 Å². The Hall–Kier alpha value is -2.91. The van der Waals surface area contributed by atoms with Gasteiger partial charge in [0.05, 0.1) is 17.9 Å². The molecule has 2 rings (SSSR count). The molecule has 0 aromatic heterocycles. The summed E-state index contributed by atoms with van der Waals surface area (Å²) >= 11 is 0. The molecule has 0 saturated carbocycles. The van der Waals surface area contributed by atoms with E-state index in [0.29, 0.717) is 18.8 Å². The molecule has 2 aromatic rings. The van der Waals surface area contributed by atoms with Crippen LogP contribution in [0.1, 0.15) is 36.2 Å². The van der Waals surface area contributed by atoms with E-state index in [1.54, 1.807) is 13.8 Å². The highest BCUT2D eigenvalue weighted by molar-refractivity contribution is 7.89. The molecule has 0 saturated heterocycles. The molecule has 0 atom stereocenters. The zero-order valence-corrected chi connectivity index (χ0v) is 18.2. The SMILES string of the molecule is CCN(CC)S(=O)(=O)c1cccc(C(=O)NNC(=O)CCOc2ccc(C)cc2)c1. The van der Waals surface area contributed by atoms with Gasteiger partial charge in [-0.2, -0.15) is 4.31 Å². The summed E-state index contributed by atoms with van der Waals surface area (Å²) in [5, 5.41) is 0. The molecular formula is C21H27N3O5S. The summed E-state index contributed by atoms with van der Waals surface area (Å²) in [5.41, 5.74) is 5.82. The number of carbonyl (C=O) groups excluding carboxylic acids is 2. The maximum Gasteiger partial charge on any atom is 0.269 e. The van der Waals surface area contributed by atoms with Crippen LogP contribution in [0.25, 0.3) is 0 Å². The highest BCUT2D eigenvalue weighted by Gasteiger charge is 2.22. The zero-order valence-electron chi connectivity index (χ0n) is 17.3. The molecule has 9 heteroatoms. The lowest BCUT2D eigenvalue weighted by molar-refractivity contribution is -0.122. The number of hydrazine groups is 1. The zero-order chi connectivity index (χ0) is 22.1. The molecule has 0 heterocycles. The van der Waals surface area contributed by atoms with Crippen LogP contribution < -0.4 is 15.6 Å². The molecule has 0 aliphatic rings. The highest BCUT2D eigenvalue weighted by atomic mass is 32.2. The second-order valence-electron chi connectivity index (χ2n) is 6.53. The Bertz CT molecular complexity index is 970. The van der Waals surface area contributed by atoms with E-state index in [4.69, 9.17) is 4.74 Å². The lowest BCUT2D eigenvalue weighted by Gasteiger charge is -2.18. The lowest BCUT2D eigenvalue weighted by Crippen LogP contribution is -2.42. The number of ether oxygens (including phenoxy) is 1. The van der Waals surface area contributed by atoms with Crippen molar-refractivity contribution in [1.29, 1.82) is 0 Å². The van der Waals surface area contributed by atoms with Crippen LogP contribution in [-0.4, -0.2) is 44.2 Å². The van der Waals surface area contributed by atoms with Gasteiger partial charge in [0, 0.05) is 18.7 Å². The topological polar surface area (TPSA) is 105 Å². The molecule has 2 N–H and O–H groups in total. The number of benzene rings is 2. The van der Waals surface area contributed by atoms with Gasteiger partial charge < -0.3 is 4.74 Å². The van der Waals surface area contributed by atoms with E-state index >= 15 is 0 Å². The van der Waals surface area contributed by atoms with Crippen molar-refractivity contribution in [2.24, 2.45) is 0 Å². The minimum atomic E-state index is -3.68. The molecule has 0 aliphatic heterocycles. The van der Waals surface area contributed by atoms with Gasteiger partial charge in [0.15, 0.2) is 0 Å². The maximum absolute atomic E-state index is 12.6. The van der Waals surface area contributed by atoms with E-state index < -0.39 is 21.8 Å². The fourth-order valence-corrected chi connectivity index (χ4v) is 4.17. The summed E-state index contributed by atoms with van der Waals surface area (Å²) in [4.78, 5) is 24.2. The molecule has 0 spiro atoms. The Morgan fingerprint density at radius 3 is 2.30 bits per heavy atom. The quantitative estimate of drug-likeness (QED) is 0.590. The molecular weight excluding hydrogens is 406 g/mol. The van der Waals surface area contributed by atoms with Crippen LogP contribution in [0.5, 0.6) is 5.75 Å². The smallest absolute Gasteiger partial charge is 0.269 e. The van der Waals surface area contributed by atoms with E-state index in [1.807, 2.05) is 31.2 Å². The first-order chi connectivity index (χ1) is 14.3. The third-order valence-corrected chi connectivity index (χ3v) is 6.42. The van der Waals surface area contributed by atoms with Crippen molar-refractivity contribution in [2.45, 2.75) is 32.1 Å². The van der Waals surface area contributed by atoms with Gasteiger partial charge in [-0.1, -0.05) is 37.6 Å². The molecule has 0 unspecified atom stereocenters. The van der Waals surface area contributed by atoms with Crippen LogP contribution in [0.2, 0.25) is 0 Å². The number of hydrogen-bond donors (Lipinski definition) is 2. The van der Waals surface area contributed by atoms with Gasteiger partial charge in [-0.05, 0) is 37.3 Å². The Morgan fingerprint density at radius 2 is 1.67 bits per heavy atom. The van der Waals surface area contributed by atoms with Crippen molar-refractivity contribution in [1.82, 2.24) is 15.2 Å². The first-order valence-electron chi connectivity index (χ1n) is 9.66. The molecule has 0 fully saturated rings. The largest absolute Gasteiger partial charge is 0.493 e. The Balaban J connectivity index is 1.88. The lowest BCUT2D eigenvalue weighted by atomic mass is 10.2. The Labute approximate surface area is 177 Å². The molecule has 0 aliphatic carbocycles. The molecule has 2 aromatic carbocycles. The van der Waals surface area contributed by atoms with Crippen LogP contribution in [0, 0.1) is 6.92 Å². The van der Waals surface area contributed by atoms with Gasteiger partial charge >= 0.3 is 0 Å². The van der Waals surface area contributed by atoms with Gasteiger partial charge in [0.25, 0.3) is 5.91 Å². The van der Waals surface area contributed by atoms with E-state index in [9.17, 15) is 18.0 Å². The number of hydrogen-bond acceptors (Lipinski definition) is 5. The van der Waals surface area contributed by atoms with Crippen LogP contribution in [0.15, 0.2) is 53.4 Å². The van der Waals surface area contributed by atoms with Crippen molar-refractivity contribution < 1.29 is 22.7 Å². The van der Waals surface area contributed by atoms with Crippen LogP contribution in [0.3, 0.4) is 0 Å². The predicted molar refractivity (Wildman–Crippen MR) is 113 cm³/mol. The highest BCUT2D eigenvalue weighted by Crippen LogP contribution is 2.17. The molecule has 30 heavy (non-hydrogen) atoms. The number of sulfonamides is 1. The number of amides is 2. The first-order valence-corrected chi connectivity index (χ1v) is 11.1. The van der Waals surface area contributed by atoms with E-state index in [-0.39, 0.29) is 23.5 Å². The first kappa shape index (κ1) is 23.4. The van der Waals surface area contributed by atoms with Gasteiger partial charge in [-0.25, -0.2) is 8.42 Å². The third-order valence-electron chi connectivity index (χ3n) is 4.37. The van der Waals surface area contributed by atoms with Gasteiger partial charge in [0.2, 0.25) is 15.9 Å². The predicted octanol–water partition coefficient (Wildman–Crippen LogP) is 2.26. The average molecular weight is 434 g/mol. The average Bonchev–Trinajstić information content (AvgIpc) is 2.74. The van der Waals surface area contributed by atoms with Crippen molar-refractivity contribution in [3.05, 3.63) is 59.7 Å². The summed E-state index contributed by atoms with van der Waals surface area (Å²) in [7, 11) is -3.68. The minimum absolute atomic E-state index is 0.0247. The number of carbonyl (C=O) groups is 2. The molecule has 162 valence electrons. The number of nitrogens with one attached hydrogen (secondary N) is 2. The number of nitrogens with zero attached hydrogens (tertiary/aromatic N) is 1. The fraction of sp³-hybridized carbons (Fsp3) is 0.333. The normalized spacial score (nSPS) is 11.2. The van der Waals surface area contributed by atoms with Crippen LogP contribution in [0.4, 0.5) is 0 Å². The minimum Gasteiger partial charge on any atom is -0.493 e. The van der Waals surface area contributed by atoms with Crippen molar-refractivity contribution in [2.75, 3.05) is 19.7 Å². The van der Waals surface area contributed by atoms with E-state index in [1.165, 1.54) is 28.6 Å². The number of rotatable bonds is 9. The molecule has 2 amide bonds. The van der Waals surface area contributed by atoms with E-state index in [0.717, 1.165) is 5.56 Å². The maximum atomic E-state index is 12.6. The molecule has 8 nitrogen and oxygen atoms in total. The molecule has 0 bridgehead atoms. The van der Waals surface area contributed by atoms with Crippen molar-refractivity contribution >= 4 is 21.8 Å². The van der Waals surface area contributed by atoms with Crippen LogP contribution in [-0.2, 0) is 14.8 Å². The van der Waals surface area contributed by atoms with E-state index in [2.05, 4.69) is 10.9 Å². The summed E-state index contributed by atoms with van der Waals surface area (Å²) < 4.78 is 32.0. The second-order valence-corrected chi connectivity index (χ2v) is 8.47.